The zero-order valence-electron chi connectivity index (χ0n) is 8.78. The van der Waals surface area contributed by atoms with Crippen LogP contribution in [0.3, 0.4) is 0 Å². The van der Waals surface area contributed by atoms with Crippen molar-refractivity contribution >= 4 is 5.69 Å². The van der Waals surface area contributed by atoms with Gasteiger partial charge in [0.1, 0.15) is 0 Å². The molecule has 4 nitrogen and oxygen atoms in total. The summed E-state index contributed by atoms with van der Waals surface area (Å²) in [5.41, 5.74) is 5.15. The van der Waals surface area contributed by atoms with Gasteiger partial charge in [0.25, 0.3) is 0 Å². The van der Waals surface area contributed by atoms with Crippen molar-refractivity contribution in [3.63, 3.8) is 0 Å². The summed E-state index contributed by atoms with van der Waals surface area (Å²) in [6.07, 6.45) is 3.26. The molecule has 1 aliphatic carbocycles. The van der Waals surface area contributed by atoms with E-state index >= 15 is 0 Å². The lowest BCUT2D eigenvalue weighted by Crippen LogP contribution is -2.34. The topological polar surface area (TPSA) is 69.2 Å². The van der Waals surface area contributed by atoms with Gasteiger partial charge in [-0.2, -0.15) is 4.39 Å². The summed E-state index contributed by atoms with van der Waals surface area (Å²) in [6.45, 7) is 0. The van der Waals surface area contributed by atoms with Crippen molar-refractivity contribution < 1.29 is 9.31 Å². The van der Waals surface area contributed by atoms with Crippen LogP contribution in [0.25, 0.3) is 0 Å². The van der Waals surface area contributed by atoms with Crippen LogP contribution in [0.2, 0.25) is 0 Å². The molecule has 1 aromatic rings. The van der Waals surface area contributed by atoms with E-state index in [0.29, 0.717) is 12.8 Å². The van der Waals surface area contributed by atoms with E-state index in [1.807, 2.05) is 0 Å². The Morgan fingerprint density at radius 3 is 2.56 bits per heavy atom. The lowest BCUT2D eigenvalue weighted by molar-refractivity contribution is -0.387. The van der Waals surface area contributed by atoms with Gasteiger partial charge in [0, 0.05) is 17.2 Å². The minimum absolute atomic E-state index is 0.277. The average molecular weight is 224 g/mol. The third-order valence-electron chi connectivity index (χ3n) is 3.21. The molecule has 1 aliphatic rings. The van der Waals surface area contributed by atoms with Crippen molar-refractivity contribution in [1.82, 2.24) is 0 Å². The maximum atomic E-state index is 13.9. The van der Waals surface area contributed by atoms with E-state index in [4.69, 9.17) is 5.73 Å². The largest absolute Gasteiger partial charge is 0.321 e. The first kappa shape index (κ1) is 11.0. The molecule has 0 amide bonds. The highest BCUT2D eigenvalue weighted by Gasteiger charge is 2.35. The Morgan fingerprint density at radius 1 is 1.38 bits per heavy atom. The summed E-state index contributed by atoms with van der Waals surface area (Å²) in [6, 6.07) is 4.20. The molecule has 2 N–H and O–H groups in total. The molecule has 1 fully saturated rings. The van der Waals surface area contributed by atoms with Crippen LogP contribution in [0.5, 0.6) is 0 Å². The highest BCUT2D eigenvalue weighted by Crippen LogP contribution is 2.39. The maximum Gasteiger partial charge on any atom is 0.305 e. The number of nitrogens with zero attached hydrogens (tertiary/aromatic N) is 1. The molecule has 2 rings (SSSR count). The minimum Gasteiger partial charge on any atom is -0.321 e. The third-order valence-corrected chi connectivity index (χ3v) is 3.21. The van der Waals surface area contributed by atoms with Gasteiger partial charge in [0.2, 0.25) is 5.82 Å². The van der Waals surface area contributed by atoms with Gasteiger partial charge >= 0.3 is 5.69 Å². The molecule has 0 atom stereocenters. The second-order valence-corrected chi connectivity index (χ2v) is 4.26. The van der Waals surface area contributed by atoms with Crippen LogP contribution in [0.4, 0.5) is 10.1 Å². The van der Waals surface area contributed by atoms with Crippen molar-refractivity contribution in [3.05, 3.63) is 39.7 Å². The van der Waals surface area contributed by atoms with E-state index in [0.717, 1.165) is 18.9 Å². The van der Waals surface area contributed by atoms with Gasteiger partial charge in [-0.3, -0.25) is 10.1 Å². The molecule has 16 heavy (non-hydrogen) atoms. The number of hydrogen-bond donors (Lipinski definition) is 1. The molecule has 0 bridgehead atoms. The standard InChI is InChI=1S/C11H13FN2O2/c12-10-8(11(13)6-1-2-7-11)4-3-5-9(10)14(15)16/h3-5H,1-2,6-7,13H2. The smallest absolute Gasteiger partial charge is 0.305 e. The van der Waals surface area contributed by atoms with Crippen molar-refractivity contribution in [3.8, 4) is 0 Å². The Morgan fingerprint density at radius 2 is 2.00 bits per heavy atom. The molecule has 0 heterocycles. The van der Waals surface area contributed by atoms with Crippen molar-refractivity contribution in [2.75, 3.05) is 0 Å². The van der Waals surface area contributed by atoms with Crippen LogP contribution in [-0.4, -0.2) is 4.92 Å². The lowest BCUT2D eigenvalue weighted by Gasteiger charge is -2.24. The molecule has 1 saturated carbocycles. The Bertz CT molecular complexity index is 428. The fraction of sp³-hybridized carbons (Fsp3) is 0.455. The SMILES string of the molecule is NC1(c2cccc([N+](=O)[O-])c2F)CCCC1. The molecule has 5 heteroatoms. The van der Waals surface area contributed by atoms with Crippen molar-refractivity contribution in [2.45, 2.75) is 31.2 Å². The quantitative estimate of drug-likeness (QED) is 0.619. The molecule has 0 aromatic heterocycles. The van der Waals surface area contributed by atoms with Gasteiger partial charge < -0.3 is 5.73 Å². The highest BCUT2D eigenvalue weighted by atomic mass is 19.1. The molecule has 0 radical (unpaired) electrons. The van der Waals surface area contributed by atoms with Crippen LogP contribution in [0.15, 0.2) is 18.2 Å². The fourth-order valence-corrected chi connectivity index (χ4v) is 2.32. The van der Waals surface area contributed by atoms with E-state index < -0.39 is 22.0 Å². The van der Waals surface area contributed by atoms with Crippen LogP contribution in [0, 0.1) is 15.9 Å². The van der Waals surface area contributed by atoms with Crippen molar-refractivity contribution in [2.24, 2.45) is 5.73 Å². The molecule has 86 valence electrons. The van der Waals surface area contributed by atoms with Gasteiger partial charge in [-0.15, -0.1) is 0 Å². The summed E-state index contributed by atoms with van der Waals surface area (Å²) in [5, 5.41) is 10.6. The number of nitrogens with two attached hydrogens (primary N) is 1. The van der Waals surface area contributed by atoms with Gasteiger partial charge in [-0.1, -0.05) is 25.0 Å². The first-order valence-electron chi connectivity index (χ1n) is 5.27. The molecular weight excluding hydrogens is 211 g/mol. The number of rotatable bonds is 2. The van der Waals surface area contributed by atoms with Crippen LogP contribution < -0.4 is 5.73 Å². The van der Waals surface area contributed by atoms with E-state index in [2.05, 4.69) is 0 Å². The van der Waals surface area contributed by atoms with Gasteiger partial charge in [-0.25, -0.2) is 0 Å². The zero-order valence-corrected chi connectivity index (χ0v) is 8.78. The second kappa shape index (κ2) is 3.83. The molecule has 0 spiro atoms. The predicted molar refractivity (Wildman–Crippen MR) is 57.4 cm³/mol. The summed E-state index contributed by atoms with van der Waals surface area (Å²) in [7, 11) is 0. The molecule has 0 saturated heterocycles. The summed E-state index contributed by atoms with van der Waals surface area (Å²) in [5.74, 6) is -0.781. The summed E-state index contributed by atoms with van der Waals surface area (Å²) < 4.78 is 13.9. The number of nitro groups is 1. The Kier molecular flexibility index (Phi) is 2.63. The lowest BCUT2D eigenvalue weighted by atomic mass is 9.88. The van der Waals surface area contributed by atoms with Gasteiger partial charge in [0.15, 0.2) is 0 Å². The second-order valence-electron chi connectivity index (χ2n) is 4.26. The molecule has 1 aromatic carbocycles. The predicted octanol–water partition coefficient (Wildman–Crippen LogP) is 2.46. The summed E-state index contributed by atoms with van der Waals surface area (Å²) in [4.78, 5) is 9.91. The first-order chi connectivity index (χ1) is 7.54. The number of hydrogen-bond acceptors (Lipinski definition) is 3. The minimum atomic E-state index is -0.781. The molecule has 0 unspecified atom stereocenters. The van der Waals surface area contributed by atoms with Crippen LogP contribution in [-0.2, 0) is 5.54 Å². The zero-order chi connectivity index (χ0) is 11.8. The average Bonchev–Trinajstić information content (AvgIpc) is 2.66. The monoisotopic (exact) mass is 224 g/mol. The van der Waals surface area contributed by atoms with E-state index in [-0.39, 0.29) is 5.56 Å². The third kappa shape index (κ3) is 1.67. The van der Waals surface area contributed by atoms with Gasteiger partial charge in [0.05, 0.1) is 4.92 Å². The Balaban J connectivity index is 2.49. The van der Waals surface area contributed by atoms with Crippen LogP contribution in [0.1, 0.15) is 31.2 Å². The van der Waals surface area contributed by atoms with Crippen molar-refractivity contribution in [1.29, 1.82) is 0 Å². The Labute approximate surface area is 92.4 Å². The van der Waals surface area contributed by atoms with E-state index in [1.54, 1.807) is 6.07 Å². The first-order valence-corrected chi connectivity index (χ1v) is 5.27. The number of benzene rings is 1. The van der Waals surface area contributed by atoms with Gasteiger partial charge in [-0.05, 0) is 12.8 Å². The summed E-state index contributed by atoms with van der Waals surface area (Å²) >= 11 is 0. The highest BCUT2D eigenvalue weighted by molar-refractivity contribution is 5.40. The molecular formula is C11H13FN2O2. The van der Waals surface area contributed by atoms with E-state index in [1.165, 1.54) is 6.07 Å². The Hall–Kier alpha value is -1.49. The van der Waals surface area contributed by atoms with E-state index in [9.17, 15) is 14.5 Å². The number of nitro benzene ring substituents is 1. The number of halogens is 1. The normalized spacial score (nSPS) is 18.6. The molecule has 0 aliphatic heterocycles. The van der Waals surface area contributed by atoms with Crippen LogP contribution >= 0.6 is 0 Å². The fourth-order valence-electron chi connectivity index (χ4n) is 2.32. The maximum absolute atomic E-state index is 13.9.